The number of aromatic nitrogens is 4. The first-order valence-electron chi connectivity index (χ1n) is 7.70. The Labute approximate surface area is 148 Å². The number of rotatable bonds is 6. The Morgan fingerprint density at radius 2 is 1.88 bits per heavy atom. The Kier molecular flexibility index (Phi) is 4.99. The van der Waals surface area contributed by atoms with Crippen molar-refractivity contribution >= 4 is 30.5 Å². The third-order valence-corrected chi connectivity index (χ3v) is 4.14. The van der Waals surface area contributed by atoms with Crippen LogP contribution >= 0.6 is 7.60 Å². The molecule has 1 amide bonds. The quantitative estimate of drug-likeness (QED) is 0.389. The molecule has 11 heteroatoms. The van der Waals surface area contributed by atoms with Crippen LogP contribution in [0.4, 0.5) is 5.82 Å². The molecule has 0 aliphatic heterocycles. The van der Waals surface area contributed by atoms with E-state index in [1.807, 2.05) is 30.3 Å². The molecule has 0 unspecified atom stereocenters. The summed E-state index contributed by atoms with van der Waals surface area (Å²) < 4.78 is 10.8. The molecule has 6 N–H and O–H groups in total. The summed E-state index contributed by atoms with van der Waals surface area (Å²) >= 11 is 0. The highest BCUT2D eigenvalue weighted by molar-refractivity contribution is 7.51. The van der Waals surface area contributed by atoms with Gasteiger partial charge in [0.05, 0.1) is 0 Å². The molecule has 3 rings (SSSR count). The smallest absolute Gasteiger partial charge is 0.344 e. The van der Waals surface area contributed by atoms with Gasteiger partial charge in [-0.1, -0.05) is 30.3 Å². The van der Waals surface area contributed by atoms with Gasteiger partial charge in [-0.25, -0.2) is 15.0 Å². The molecule has 10 nitrogen and oxygen atoms in total. The van der Waals surface area contributed by atoms with Crippen LogP contribution in [0.15, 0.2) is 30.3 Å². The predicted octanol–water partition coefficient (Wildman–Crippen LogP) is 0.585. The maximum Gasteiger partial charge on any atom is 0.344 e. The Bertz CT molecular complexity index is 984. The predicted molar refractivity (Wildman–Crippen MR) is 94.3 cm³/mol. The van der Waals surface area contributed by atoms with E-state index in [2.05, 4.69) is 25.3 Å². The monoisotopic (exact) mass is 376 g/mol. The zero-order valence-electron chi connectivity index (χ0n) is 13.6. The molecule has 0 atom stereocenters. The van der Waals surface area contributed by atoms with Crippen LogP contribution in [0.5, 0.6) is 0 Å². The van der Waals surface area contributed by atoms with Crippen molar-refractivity contribution < 1.29 is 19.1 Å². The van der Waals surface area contributed by atoms with Crippen molar-refractivity contribution in [3.63, 3.8) is 0 Å². The lowest BCUT2D eigenvalue weighted by Gasteiger charge is -2.03. The van der Waals surface area contributed by atoms with Crippen molar-refractivity contribution in [2.45, 2.75) is 12.8 Å². The summed E-state index contributed by atoms with van der Waals surface area (Å²) in [5.41, 5.74) is 7.56. The van der Waals surface area contributed by atoms with Gasteiger partial charge in [-0.2, -0.15) is 0 Å². The average Bonchev–Trinajstić information content (AvgIpc) is 3.03. The van der Waals surface area contributed by atoms with E-state index in [-0.39, 0.29) is 17.3 Å². The number of nitrogens with zero attached hydrogens (tertiary/aromatic N) is 3. The Morgan fingerprint density at radius 3 is 2.58 bits per heavy atom. The zero-order chi connectivity index (χ0) is 18.7. The molecule has 0 radical (unpaired) electrons. The normalized spacial score (nSPS) is 11.6. The molecule has 0 aliphatic rings. The van der Waals surface area contributed by atoms with Crippen LogP contribution in [0.1, 0.15) is 22.0 Å². The van der Waals surface area contributed by atoms with Crippen LogP contribution < -0.4 is 11.1 Å². The molecule has 26 heavy (non-hydrogen) atoms. The van der Waals surface area contributed by atoms with Crippen molar-refractivity contribution in [1.82, 2.24) is 25.3 Å². The summed E-state index contributed by atoms with van der Waals surface area (Å²) in [5, 5.41) is 2.10. The first-order chi connectivity index (χ1) is 12.3. The minimum Gasteiger partial charge on any atom is -0.382 e. The molecular weight excluding hydrogens is 359 g/mol. The highest BCUT2D eigenvalue weighted by Gasteiger charge is 2.19. The second-order valence-corrected chi connectivity index (χ2v) is 7.27. The van der Waals surface area contributed by atoms with E-state index in [4.69, 9.17) is 15.5 Å². The van der Waals surface area contributed by atoms with Gasteiger partial charge < -0.3 is 25.8 Å². The molecule has 3 aromatic rings. The number of carbonyl (C=O) groups excluding carboxylic acids is 1. The van der Waals surface area contributed by atoms with E-state index in [0.717, 1.165) is 12.0 Å². The summed E-state index contributed by atoms with van der Waals surface area (Å²) in [5.74, 6) is -0.265. The molecule has 0 spiro atoms. The Balaban J connectivity index is 1.78. The minimum absolute atomic E-state index is 0.144. The number of nitrogens with one attached hydrogen (secondary N) is 2. The van der Waals surface area contributed by atoms with E-state index in [0.29, 0.717) is 17.8 Å². The molecular formula is C15H17N6O4P. The summed E-state index contributed by atoms with van der Waals surface area (Å²) in [6.07, 6.45) is 0.495. The number of aryl methyl sites for hydroxylation is 2. The maximum absolute atomic E-state index is 11.9. The molecule has 0 aliphatic carbocycles. The number of aromatic amines is 1. The fraction of sp³-hybridized carbons (Fsp3) is 0.200. The zero-order valence-corrected chi connectivity index (χ0v) is 14.5. The van der Waals surface area contributed by atoms with Crippen LogP contribution in [-0.4, -0.2) is 41.9 Å². The number of imidazole rings is 1. The third kappa shape index (κ3) is 4.42. The van der Waals surface area contributed by atoms with Crippen LogP contribution in [-0.2, 0) is 17.4 Å². The van der Waals surface area contributed by atoms with Crippen molar-refractivity contribution in [3.8, 4) is 0 Å². The van der Waals surface area contributed by atoms with Gasteiger partial charge in [-0.15, -0.1) is 0 Å². The van der Waals surface area contributed by atoms with Crippen LogP contribution in [0.25, 0.3) is 11.2 Å². The fourth-order valence-corrected chi connectivity index (χ4v) is 2.69. The van der Waals surface area contributed by atoms with E-state index < -0.39 is 19.8 Å². The second-order valence-electron chi connectivity index (χ2n) is 5.62. The van der Waals surface area contributed by atoms with Crippen molar-refractivity contribution in [2.75, 3.05) is 12.0 Å². The maximum atomic E-state index is 11.9. The number of carbonyl (C=O) groups is 1. The summed E-state index contributed by atoms with van der Waals surface area (Å²) in [6.45, 7) is 0. The van der Waals surface area contributed by atoms with Crippen molar-refractivity contribution in [2.24, 2.45) is 0 Å². The summed E-state index contributed by atoms with van der Waals surface area (Å²) in [4.78, 5) is 44.8. The van der Waals surface area contributed by atoms with Crippen LogP contribution in [0, 0.1) is 0 Å². The topological polar surface area (TPSA) is 167 Å². The van der Waals surface area contributed by atoms with Gasteiger partial charge in [-0.05, 0) is 12.0 Å². The number of hydrogen-bond donors (Lipinski definition) is 5. The largest absolute Gasteiger partial charge is 0.382 e. The number of benzene rings is 1. The van der Waals surface area contributed by atoms with Gasteiger partial charge >= 0.3 is 7.60 Å². The summed E-state index contributed by atoms with van der Waals surface area (Å²) in [7, 11) is -4.36. The average molecular weight is 376 g/mol. The van der Waals surface area contributed by atoms with E-state index in [9.17, 15) is 9.36 Å². The molecule has 136 valence electrons. The highest BCUT2D eigenvalue weighted by atomic mass is 31.2. The van der Waals surface area contributed by atoms with E-state index in [1.54, 1.807) is 0 Å². The molecule has 2 aromatic heterocycles. The van der Waals surface area contributed by atoms with Crippen molar-refractivity contribution in [3.05, 3.63) is 47.5 Å². The van der Waals surface area contributed by atoms with Crippen molar-refractivity contribution in [1.29, 1.82) is 0 Å². The number of H-pyrrole nitrogens is 1. The van der Waals surface area contributed by atoms with Gasteiger partial charge in [0.25, 0.3) is 5.91 Å². The lowest BCUT2D eigenvalue weighted by atomic mass is 10.1. The molecule has 0 saturated heterocycles. The summed E-state index contributed by atoms with van der Waals surface area (Å²) in [6, 6.07) is 9.83. The fourth-order valence-electron chi connectivity index (χ4n) is 2.34. The van der Waals surface area contributed by atoms with Gasteiger partial charge in [0.2, 0.25) is 0 Å². The molecule has 2 heterocycles. The first-order valence-corrected chi connectivity index (χ1v) is 9.50. The number of hydrogen-bond acceptors (Lipinski definition) is 6. The van der Waals surface area contributed by atoms with Gasteiger partial charge in [-0.3, -0.25) is 9.36 Å². The molecule has 0 saturated carbocycles. The Hall–Kier alpha value is -2.81. The second kappa shape index (κ2) is 7.20. The van der Waals surface area contributed by atoms with Crippen LogP contribution in [0.3, 0.4) is 0 Å². The third-order valence-electron chi connectivity index (χ3n) is 3.57. The standard InChI is InChI=1S/C15H17N6O4P/c16-12-11-13(21-14(20-11)15(22)17-8-26(23,24)25)19-10(18-12)7-6-9-4-2-1-3-5-9/h1-5H,6-8H2,(H,17,22)(H2,23,24,25)(H3,16,18,19,20,21). The number of anilines is 1. The Morgan fingerprint density at radius 1 is 1.15 bits per heavy atom. The number of amides is 1. The molecule has 0 bridgehead atoms. The number of nitrogens with two attached hydrogens (primary N) is 1. The van der Waals surface area contributed by atoms with Crippen LogP contribution in [0.2, 0.25) is 0 Å². The minimum atomic E-state index is -4.36. The SMILES string of the molecule is Nc1nc(CCc2ccccc2)nc2nc(C(=O)NCP(=O)(O)O)[nH]c12. The van der Waals surface area contributed by atoms with Gasteiger partial charge in [0, 0.05) is 6.42 Å². The number of fused-ring (bicyclic) bond motifs is 1. The molecule has 1 aromatic carbocycles. The van der Waals surface area contributed by atoms with E-state index in [1.165, 1.54) is 0 Å². The first kappa shape index (κ1) is 18.0. The van der Waals surface area contributed by atoms with Gasteiger partial charge in [0.15, 0.2) is 17.3 Å². The van der Waals surface area contributed by atoms with Gasteiger partial charge in [0.1, 0.15) is 17.6 Å². The highest BCUT2D eigenvalue weighted by Crippen LogP contribution is 2.32. The van der Waals surface area contributed by atoms with E-state index >= 15 is 0 Å². The lowest BCUT2D eigenvalue weighted by molar-refractivity contribution is 0.0948. The number of nitrogen functional groups attached to an aromatic ring is 1. The lowest BCUT2D eigenvalue weighted by Crippen LogP contribution is -2.25. The molecule has 0 fully saturated rings.